The van der Waals surface area contributed by atoms with Crippen molar-refractivity contribution >= 4 is 5.97 Å². The highest BCUT2D eigenvalue weighted by molar-refractivity contribution is 5.77. The first kappa shape index (κ1) is 11.9. The number of hydrogen-bond acceptors (Lipinski definition) is 4. The van der Waals surface area contributed by atoms with Crippen LogP contribution in [0.5, 0.6) is 0 Å². The molecule has 1 heterocycles. The van der Waals surface area contributed by atoms with Gasteiger partial charge in [-0.25, -0.2) is 0 Å². The van der Waals surface area contributed by atoms with E-state index in [9.17, 15) is 4.79 Å². The summed E-state index contributed by atoms with van der Waals surface area (Å²) in [5, 5.41) is 6.83. The molecule has 92 valence electrons. The number of carbonyl (C=O) groups is 1. The monoisotopic (exact) mass is 226 g/mol. The van der Waals surface area contributed by atoms with Gasteiger partial charge in [0.05, 0.1) is 7.11 Å². The van der Waals surface area contributed by atoms with Crippen LogP contribution in [-0.2, 0) is 9.53 Å². The lowest BCUT2D eigenvalue weighted by Gasteiger charge is -2.28. The first-order valence-electron chi connectivity index (χ1n) is 6.38. The van der Waals surface area contributed by atoms with E-state index in [-0.39, 0.29) is 18.1 Å². The lowest BCUT2D eigenvalue weighted by atomic mass is 9.94. The van der Waals surface area contributed by atoms with Crippen LogP contribution in [0.3, 0.4) is 0 Å². The Labute approximate surface area is 97.1 Å². The van der Waals surface area contributed by atoms with Crippen molar-refractivity contribution in [3.63, 3.8) is 0 Å². The van der Waals surface area contributed by atoms with E-state index < -0.39 is 0 Å². The topological polar surface area (TPSA) is 50.4 Å². The maximum atomic E-state index is 11.5. The Morgan fingerprint density at radius 1 is 1.25 bits per heavy atom. The second-order valence-corrected chi connectivity index (χ2v) is 4.85. The van der Waals surface area contributed by atoms with Gasteiger partial charge in [-0.1, -0.05) is 19.3 Å². The van der Waals surface area contributed by atoms with Gasteiger partial charge in [0.2, 0.25) is 0 Å². The van der Waals surface area contributed by atoms with Crippen LogP contribution < -0.4 is 10.6 Å². The summed E-state index contributed by atoms with van der Waals surface area (Å²) in [6.07, 6.45) is 7.54. The third-order valence-electron chi connectivity index (χ3n) is 3.73. The lowest BCUT2D eigenvalue weighted by Crippen LogP contribution is -2.50. The van der Waals surface area contributed by atoms with Gasteiger partial charge in [-0.2, -0.15) is 0 Å². The highest BCUT2D eigenvalue weighted by Gasteiger charge is 2.34. The van der Waals surface area contributed by atoms with E-state index in [4.69, 9.17) is 4.74 Å². The highest BCUT2D eigenvalue weighted by atomic mass is 16.5. The number of rotatable bonds is 3. The van der Waals surface area contributed by atoms with Gasteiger partial charge < -0.3 is 15.4 Å². The molecule has 2 N–H and O–H groups in total. The predicted molar refractivity (Wildman–Crippen MR) is 62.2 cm³/mol. The SMILES string of the molecule is COC(=O)[C@H]1NCC[C@H]1NC1CCCCC1. The quantitative estimate of drug-likeness (QED) is 0.699. The van der Waals surface area contributed by atoms with E-state index in [1.807, 2.05) is 0 Å². The summed E-state index contributed by atoms with van der Waals surface area (Å²) in [4.78, 5) is 11.5. The molecule has 0 bridgehead atoms. The highest BCUT2D eigenvalue weighted by Crippen LogP contribution is 2.20. The maximum Gasteiger partial charge on any atom is 0.324 e. The Kier molecular flexibility index (Phi) is 4.18. The molecule has 1 aliphatic carbocycles. The lowest BCUT2D eigenvalue weighted by molar-refractivity contribution is -0.143. The summed E-state index contributed by atoms with van der Waals surface area (Å²) in [6, 6.07) is 0.716. The van der Waals surface area contributed by atoms with Crippen LogP contribution in [0, 0.1) is 0 Å². The number of hydrogen-bond donors (Lipinski definition) is 2. The fraction of sp³-hybridized carbons (Fsp3) is 0.917. The van der Waals surface area contributed by atoms with Crippen LogP contribution in [0.25, 0.3) is 0 Å². The van der Waals surface area contributed by atoms with Crippen LogP contribution in [-0.4, -0.2) is 37.7 Å². The predicted octanol–water partition coefficient (Wildman–Crippen LogP) is 0.812. The molecular weight excluding hydrogens is 204 g/mol. The molecule has 2 atom stereocenters. The zero-order valence-electron chi connectivity index (χ0n) is 10.00. The smallest absolute Gasteiger partial charge is 0.324 e. The van der Waals surface area contributed by atoms with Gasteiger partial charge in [0, 0.05) is 12.1 Å². The summed E-state index contributed by atoms with van der Waals surface area (Å²) in [5.41, 5.74) is 0. The molecule has 16 heavy (non-hydrogen) atoms. The van der Waals surface area contributed by atoms with Gasteiger partial charge in [-0.05, 0) is 25.8 Å². The molecule has 1 saturated heterocycles. The molecule has 1 aliphatic heterocycles. The van der Waals surface area contributed by atoms with Crippen molar-refractivity contribution in [3.8, 4) is 0 Å². The van der Waals surface area contributed by atoms with E-state index in [0.717, 1.165) is 13.0 Å². The van der Waals surface area contributed by atoms with Crippen molar-refractivity contribution in [1.82, 2.24) is 10.6 Å². The Morgan fingerprint density at radius 2 is 2.00 bits per heavy atom. The summed E-state index contributed by atoms with van der Waals surface area (Å²) in [7, 11) is 1.46. The Balaban J connectivity index is 1.85. The number of methoxy groups -OCH3 is 1. The van der Waals surface area contributed by atoms with Gasteiger partial charge >= 0.3 is 5.97 Å². The molecule has 0 aromatic carbocycles. The number of ether oxygens (including phenoxy) is 1. The minimum atomic E-state index is -0.146. The van der Waals surface area contributed by atoms with Gasteiger partial charge in [0.15, 0.2) is 0 Å². The molecule has 0 radical (unpaired) electrons. The Hall–Kier alpha value is -0.610. The van der Waals surface area contributed by atoms with Gasteiger partial charge in [0.1, 0.15) is 6.04 Å². The van der Waals surface area contributed by atoms with Crippen molar-refractivity contribution in [3.05, 3.63) is 0 Å². The fourth-order valence-corrected chi connectivity index (χ4v) is 2.83. The average Bonchev–Trinajstić information content (AvgIpc) is 2.77. The van der Waals surface area contributed by atoms with Crippen LogP contribution in [0.15, 0.2) is 0 Å². The van der Waals surface area contributed by atoms with Crippen molar-refractivity contribution < 1.29 is 9.53 Å². The largest absolute Gasteiger partial charge is 0.468 e. The van der Waals surface area contributed by atoms with E-state index in [1.54, 1.807) is 0 Å². The standard InChI is InChI=1S/C12H22N2O2/c1-16-12(15)11-10(7-8-13-11)14-9-5-3-2-4-6-9/h9-11,13-14H,2-8H2,1H3/t10-,11+/m1/s1. The van der Waals surface area contributed by atoms with Gasteiger partial charge in [-0.15, -0.1) is 0 Å². The molecule has 2 rings (SSSR count). The summed E-state index contributed by atoms with van der Waals surface area (Å²) < 4.78 is 4.81. The second-order valence-electron chi connectivity index (χ2n) is 4.85. The van der Waals surface area contributed by atoms with E-state index in [0.29, 0.717) is 6.04 Å². The number of esters is 1. The fourth-order valence-electron chi connectivity index (χ4n) is 2.83. The molecule has 2 fully saturated rings. The van der Waals surface area contributed by atoms with Crippen LogP contribution in [0.1, 0.15) is 38.5 Å². The molecule has 0 spiro atoms. The second kappa shape index (κ2) is 5.64. The third-order valence-corrected chi connectivity index (χ3v) is 3.73. The van der Waals surface area contributed by atoms with Crippen molar-refractivity contribution in [1.29, 1.82) is 0 Å². The molecule has 0 aromatic heterocycles. The molecule has 4 nitrogen and oxygen atoms in total. The van der Waals surface area contributed by atoms with Crippen molar-refractivity contribution in [2.24, 2.45) is 0 Å². The molecule has 4 heteroatoms. The van der Waals surface area contributed by atoms with Crippen molar-refractivity contribution in [2.45, 2.75) is 56.7 Å². The minimum Gasteiger partial charge on any atom is -0.468 e. The summed E-state index contributed by atoms with van der Waals surface area (Å²) in [5.74, 6) is -0.134. The van der Waals surface area contributed by atoms with Gasteiger partial charge in [0.25, 0.3) is 0 Å². The normalized spacial score (nSPS) is 31.6. The van der Waals surface area contributed by atoms with Crippen LogP contribution >= 0.6 is 0 Å². The summed E-state index contributed by atoms with van der Waals surface area (Å²) >= 11 is 0. The third kappa shape index (κ3) is 2.74. The van der Waals surface area contributed by atoms with E-state index >= 15 is 0 Å². The zero-order valence-corrected chi connectivity index (χ0v) is 10.00. The number of nitrogens with one attached hydrogen (secondary N) is 2. The van der Waals surface area contributed by atoms with Gasteiger partial charge in [-0.3, -0.25) is 4.79 Å². The van der Waals surface area contributed by atoms with Crippen LogP contribution in [0.2, 0.25) is 0 Å². The minimum absolute atomic E-state index is 0.134. The first-order valence-corrected chi connectivity index (χ1v) is 6.38. The molecule has 0 unspecified atom stereocenters. The molecule has 0 amide bonds. The molecular formula is C12H22N2O2. The Morgan fingerprint density at radius 3 is 2.69 bits per heavy atom. The summed E-state index contributed by atoms with van der Waals surface area (Å²) in [6.45, 7) is 0.907. The van der Waals surface area contributed by atoms with Crippen LogP contribution in [0.4, 0.5) is 0 Å². The first-order chi connectivity index (χ1) is 7.81. The molecule has 1 saturated carbocycles. The molecule has 2 aliphatic rings. The van der Waals surface area contributed by atoms with E-state index in [1.165, 1.54) is 39.2 Å². The van der Waals surface area contributed by atoms with E-state index in [2.05, 4.69) is 10.6 Å². The average molecular weight is 226 g/mol. The maximum absolute atomic E-state index is 11.5. The zero-order chi connectivity index (χ0) is 11.4. The molecule has 0 aromatic rings. The number of carbonyl (C=O) groups excluding carboxylic acids is 1. The van der Waals surface area contributed by atoms with Crippen molar-refractivity contribution in [2.75, 3.05) is 13.7 Å². The Bertz CT molecular complexity index is 239.